The molecule has 1 aromatic heterocycles. The summed E-state index contributed by atoms with van der Waals surface area (Å²) >= 11 is 0. The highest BCUT2D eigenvalue weighted by atomic mass is 16.5. The summed E-state index contributed by atoms with van der Waals surface area (Å²) < 4.78 is 10.9. The third-order valence-electron chi connectivity index (χ3n) is 3.10. The van der Waals surface area contributed by atoms with E-state index in [1.165, 1.54) is 0 Å². The molecule has 2 unspecified atom stereocenters. The Kier molecular flexibility index (Phi) is 3.19. The molecule has 18 heavy (non-hydrogen) atoms. The van der Waals surface area contributed by atoms with Gasteiger partial charge in [-0.25, -0.2) is 9.78 Å². The van der Waals surface area contributed by atoms with Gasteiger partial charge in [-0.3, -0.25) is 0 Å². The second-order valence-electron chi connectivity index (χ2n) is 5.86. The van der Waals surface area contributed by atoms with E-state index in [9.17, 15) is 9.90 Å². The first-order valence-electron chi connectivity index (χ1n) is 6.15. The molecule has 0 saturated carbocycles. The molecule has 0 bridgehead atoms. The number of carboxylic acids is 1. The van der Waals surface area contributed by atoms with Crippen LogP contribution in [0.15, 0.2) is 4.42 Å². The van der Waals surface area contributed by atoms with Crippen LogP contribution in [-0.4, -0.2) is 28.8 Å². The number of rotatable bonds is 2. The minimum atomic E-state index is -1.06. The molecule has 0 aliphatic carbocycles. The summed E-state index contributed by atoms with van der Waals surface area (Å²) in [5.74, 6) is -0.557. The molecule has 0 radical (unpaired) electrons. The lowest BCUT2D eigenvalue weighted by Gasteiger charge is -2.14. The third-order valence-corrected chi connectivity index (χ3v) is 3.10. The Morgan fingerprint density at radius 2 is 2.11 bits per heavy atom. The first kappa shape index (κ1) is 13.1. The Morgan fingerprint density at radius 3 is 2.50 bits per heavy atom. The Morgan fingerprint density at radius 1 is 1.44 bits per heavy atom. The lowest BCUT2D eigenvalue weighted by molar-refractivity contribution is 0.0655. The molecule has 2 atom stereocenters. The van der Waals surface area contributed by atoms with E-state index < -0.39 is 5.97 Å². The standard InChI is InChI=1S/C13H19NO4/c1-7-5-8(6-17-7)11-14-10(13(2,3)4)9(18-11)12(15)16/h7-8H,5-6H2,1-4H3,(H,15,16). The van der Waals surface area contributed by atoms with Crippen LogP contribution in [0.5, 0.6) is 0 Å². The fraction of sp³-hybridized carbons (Fsp3) is 0.692. The molecule has 0 aromatic carbocycles. The van der Waals surface area contributed by atoms with Crippen molar-refractivity contribution < 1.29 is 19.1 Å². The maximum Gasteiger partial charge on any atom is 0.373 e. The number of nitrogens with zero attached hydrogens (tertiary/aromatic N) is 1. The Bertz CT molecular complexity index is 458. The Balaban J connectivity index is 2.37. The van der Waals surface area contributed by atoms with E-state index in [4.69, 9.17) is 9.15 Å². The molecule has 1 N–H and O–H groups in total. The van der Waals surface area contributed by atoms with E-state index >= 15 is 0 Å². The van der Waals surface area contributed by atoms with Gasteiger partial charge in [-0.2, -0.15) is 0 Å². The molecule has 100 valence electrons. The van der Waals surface area contributed by atoms with Crippen LogP contribution in [0.3, 0.4) is 0 Å². The van der Waals surface area contributed by atoms with Crippen LogP contribution >= 0.6 is 0 Å². The summed E-state index contributed by atoms with van der Waals surface area (Å²) in [6.07, 6.45) is 0.997. The predicted molar refractivity (Wildman–Crippen MR) is 64.9 cm³/mol. The smallest absolute Gasteiger partial charge is 0.373 e. The van der Waals surface area contributed by atoms with Crippen molar-refractivity contribution in [2.24, 2.45) is 0 Å². The average Bonchev–Trinajstić information content (AvgIpc) is 2.81. The lowest BCUT2D eigenvalue weighted by Crippen LogP contribution is -2.16. The monoisotopic (exact) mass is 253 g/mol. The molecule has 2 rings (SSSR count). The molecule has 5 nitrogen and oxygen atoms in total. The lowest BCUT2D eigenvalue weighted by atomic mass is 9.91. The number of hydrogen-bond donors (Lipinski definition) is 1. The van der Waals surface area contributed by atoms with Crippen LogP contribution in [0, 0.1) is 0 Å². The first-order valence-corrected chi connectivity index (χ1v) is 6.15. The summed E-state index contributed by atoms with van der Waals surface area (Å²) in [7, 11) is 0. The van der Waals surface area contributed by atoms with Crippen LogP contribution < -0.4 is 0 Å². The van der Waals surface area contributed by atoms with E-state index in [1.807, 2.05) is 27.7 Å². The van der Waals surface area contributed by atoms with E-state index in [0.717, 1.165) is 6.42 Å². The number of aromatic carboxylic acids is 1. The van der Waals surface area contributed by atoms with Crippen molar-refractivity contribution in [2.75, 3.05) is 6.61 Å². The van der Waals surface area contributed by atoms with Gasteiger partial charge < -0.3 is 14.3 Å². The normalized spacial score (nSPS) is 24.4. The highest BCUT2D eigenvalue weighted by Gasteiger charge is 2.33. The average molecular weight is 253 g/mol. The molecule has 1 aliphatic rings. The zero-order valence-electron chi connectivity index (χ0n) is 11.2. The second-order valence-corrected chi connectivity index (χ2v) is 5.86. The van der Waals surface area contributed by atoms with Gasteiger partial charge in [0.25, 0.3) is 0 Å². The molecule has 1 aromatic rings. The molecule has 5 heteroatoms. The minimum Gasteiger partial charge on any atom is -0.475 e. The minimum absolute atomic E-state index is 0.0444. The van der Waals surface area contributed by atoms with E-state index in [1.54, 1.807) is 0 Å². The molecule has 0 amide bonds. The summed E-state index contributed by atoms with van der Waals surface area (Å²) in [5.41, 5.74) is 0.158. The maximum atomic E-state index is 11.2. The van der Waals surface area contributed by atoms with Crippen molar-refractivity contribution in [3.63, 3.8) is 0 Å². The van der Waals surface area contributed by atoms with Gasteiger partial charge in [0.1, 0.15) is 0 Å². The summed E-state index contributed by atoms with van der Waals surface area (Å²) in [6.45, 7) is 8.31. The van der Waals surface area contributed by atoms with Gasteiger partial charge in [0, 0.05) is 5.41 Å². The number of ether oxygens (including phenoxy) is 1. The van der Waals surface area contributed by atoms with Gasteiger partial charge in [0.05, 0.1) is 24.3 Å². The van der Waals surface area contributed by atoms with Gasteiger partial charge in [-0.15, -0.1) is 0 Å². The topological polar surface area (TPSA) is 72.6 Å². The second kappa shape index (κ2) is 4.39. The molecule has 1 aliphatic heterocycles. The van der Waals surface area contributed by atoms with Gasteiger partial charge >= 0.3 is 5.97 Å². The van der Waals surface area contributed by atoms with Crippen LogP contribution in [0.4, 0.5) is 0 Å². The van der Waals surface area contributed by atoms with Crippen LogP contribution in [0.25, 0.3) is 0 Å². The quantitative estimate of drug-likeness (QED) is 0.876. The molecule has 2 heterocycles. The highest BCUT2D eigenvalue weighted by molar-refractivity contribution is 5.86. The molecular formula is C13H19NO4. The van der Waals surface area contributed by atoms with Gasteiger partial charge in [-0.05, 0) is 13.3 Å². The van der Waals surface area contributed by atoms with Crippen LogP contribution in [0.1, 0.15) is 62.2 Å². The van der Waals surface area contributed by atoms with Gasteiger partial charge in [-0.1, -0.05) is 20.8 Å². The number of carboxylic acid groups (broad SMARTS) is 1. The van der Waals surface area contributed by atoms with E-state index in [2.05, 4.69) is 4.98 Å². The molecule has 0 spiro atoms. The van der Waals surface area contributed by atoms with Crippen molar-refractivity contribution in [1.29, 1.82) is 0 Å². The third kappa shape index (κ3) is 2.41. The predicted octanol–water partition coefficient (Wildman–Crippen LogP) is 2.56. The molecular weight excluding hydrogens is 234 g/mol. The highest BCUT2D eigenvalue weighted by Crippen LogP contribution is 2.33. The fourth-order valence-electron chi connectivity index (χ4n) is 2.15. The summed E-state index contributed by atoms with van der Waals surface area (Å²) in [6, 6.07) is 0. The van der Waals surface area contributed by atoms with Crippen LogP contribution in [-0.2, 0) is 10.2 Å². The van der Waals surface area contributed by atoms with Crippen molar-refractivity contribution in [3.8, 4) is 0 Å². The molecule has 1 fully saturated rings. The molecule has 1 saturated heterocycles. The number of oxazole rings is 1. The maximum absolute atomic E-state index is 11.2. The van der Waals surface area contributed by atoms with Crippen LogP contribution in [0.2, 0.25) is 0 Å². The van der Waals surface area contributed by atoms with Crippen molar-refractivity contribution in [2.45, 2.75) is 51.6 Å². The zero-order valence-corrected chi connectivity index (χ0v) is 11.2. The van der Waals surface area contributed by atoms with Crippen molar-refractivity contribution in [3.05, 3.63) is 17.3 Å². The van der Waals surface area contributed by atoms with E-state index in [0.29, 0.717) is 18.2 Å². The Hall–Kier alpha value is -1.36. The van der Waals surface area contributed by atoms with Crippen molar-refractivity contribution in [1.82, 2.24) is 4.98 Å². The van der Waals surface area contributed by atoms with E-state index in [-0.39, 0.29) is 23.2 Å². The SMILES string of the molecule is CC1CC(c2nc(C(C)(C)C)c(C(=O)O)o2)CO1. The first-order chi connectivity index (χ1) is 8.29. The summed E-state index contributed by atoms with van der Waals surface area (Å²) in [4.78, 5) is 15.6. The number of aromatic nitrogens is 1. The van der Waals surface area contributed by atoms with Crippen molar-refractivity contribution >= 4 is 5.97 Å². The van der Waals surface area contributed by atoms with Gasteiger partial charge in [0.2, 0.25) is 11.7 Å². The largest absolute Gasteiger partial charge is 0.475 e. The fourth-order valence-corrected chi connectivity index (χ4v) is 2.15. The Labute approximate surface area is 106 Å². The summed E-state index contributed by atoms with van der Waals surface area (Å²) in [5, 5.41) is 9.17. The number of hydrogen-bond acceptors (Lipinski definition) is 4. The number of carbonyl (C=O) groups is 1. The van der Waals surface area contributed by atoms with Gasteiger partial charge in [0.15, 0.2) is 0 Å². The zero-order chi connectivity index (χ0) is 13.5.